The summed E-state index contributed by atoms with van der Waals surface area (Å²) < 4.78 is 0. The molecular weight excluding hydrogens is 216 g/mol. The van der Waals surface area contributed by atoms with Crippen LogP contribution in [0.1, 0.15) is 0 Å². The summed E-state index contributed by atoms with van der Waals surface area (Å²) in [6.07, 6.45) is 5.60. The number of aromatic nitrogens is 12. The first kappa shape index (κ1) is 11.2. The number of tetrazole rings is 2. The van der Waals surface area contributed by atoms with E-state index in [-0.39, 0.29) is 0 Å². The molecule has 0 aliphatic carbocycles. The zero-order chi connectivity index (χ0) is 11.3. The summed E-state index contributed by atoms with van der Waals surface area (Å²) in [6.45, 7) is 0. The summed E-state index contributed by atoms with van der Waals surface area (Å²) in [5.41, 5.74) is 0. The van der Waals surface area contributed by atoms with Gasteiger partial charge in [-0.1, -0.05) is 10.4 Å². The molecule has 0 spiro atoms. The zero-order valence-electron chi connectivity index (χ0n) is 7.78. The van der Waals surface area contributed by atoms with Gasteiger partial charge in [0.15, 0.2) is 12.7 Å². The molecule has 12 nitrogen and oxygen atoms in total. The molecule has 3 aromatic rings. The van der Waals surface area contributed by atoms with E-state index in [2.05, 4.69) is 61.9 Å². The average Bonchev–Trinajstić information content (AvgIpc) is 3.10. The van der Waals surface area contributed by atoms with E-state index in [1.54, 1.807) is 0 Å². The lowest BCUT2D eigenvalue weighted by molar-refractivity contribution is 0.761. The molecule has 0 amide bonds. The summed E-state index contributed by atoms with van der Waals surface area (Å²) >= 11 is 0. The Balaban J connectivity index is 0.000000121. The van der Waals surface area contributed by atoms with Crippen molar-refractivity contribution in [1.82, 2.24) is 61.9 Å². The summed E-state index contributed by atoms with van der Waals surface area (Å²) in [6, 6.07) is 0. The lowest BCUT2D eigenvalue weighted by atomic mass is 11.0. The van der Waals surface area contributed by atoms with Gasteiger partial charge in [-0.15, -0.1) is 30.6 Å². The normalized spacial score (nSPS) is 8.00. The monoisotopic (exact) mass is 222 g/mol. The van der Waals surface area contributed by atoms with Crippen LogP contribution in [-0.2, 0) is 0 Å². The molecule has 2 N–H and O–H groups in total. The summed E-state index contributed by atoms with van der Waals surface area (Å²) in [4.78, 5) is 0. The largest absolute Gasteiger partial charge is 0.177 e. The number of hydrogen-bond acceptors (Lipinski definition) is 10. The molecule has 0 bridgehead atoms. The van der Waals surface area contributed by atoms with E-state index in [4.69, 9.17) is 0 Å². The van der Waals surface area contributed by atoms with Crippen LogP contribution >= 0.6 is 0 Å². The highest BCUT2D eigenvalue weighted by Crippen LogP contribution is 1.53. The lowest BCUT2D eigenvalue weighted by Crippen LogP contribution is -1.84. The number of nitrogens with zero attached hydrogens (tertiary/aromatic N) is 10. The highest BCUT2D eigenvalue weighted by atomic mass is 15.5. The maximum atomic E-state index is 3.38. The summed E-state index contributed by atoms with van der Waals surface area (Å²) in [5.74, 6) is 0. The molecule has 0 fully saturated rings. The Labute approximate surface area is 87.9 Å². The van der Waals surface area contributed by atoms with Gasteiger partial charge in [-0.25, -0.2) is 0 Å². The fraction of sp³-hybridized carbons (Fsp3) is 0. The second kappa shape index (κ2) is 8.67. The molecule has 12 heteroatoms. The van der Waals surface area contributed by atoms with Gasteiger partial charge in [0, 0.05) is 0 Å². The zero-order valence-corrected chi connectivity index (χ0v) is 7.78. The van der Waals surface area contributed by atoms with E-state index in [1.807, 2.05) is 0 Å². The van der Waals surface area contributed by atoms with Crippen molar-refractivity contribution in [1.29, 1.82) is 0 Å². The quantitative estimate of drug-likeness (QED) is 0.421. The summed E-state index contributed by atoms with van der Waals surface area (Å²) in [5, 5.41) is 37.4. The van der Waals surface area contributed by atoms with Crippen LogP contribution in [-0.4, -0.2) is 61.9 Å². The molecule has 0 aliphatic rings. The van der Waals surface area contributed by atoms with Gasteiger partial charge in [0.1, 0.15) is 0 Å². The Morgan fingerprint density at radius 1 is 0.625 bits per heavy atom. The minimum absolute atomic E-state index is 1.33. The second-order valence-corrected chi connectivity index (χ2v) is 1.83. The van der Waals surface area contributed by atoms with Crippen molar-refractivity contribution >= 4 is 0 Å². The van der Waals surface area contributed by atoms with Gasteiger partial charge in [-0.05, 0) is 10.4 Å². The fourth-order valence-electron chi connectivity index (χ4n) is 0.424. The van der Waals surface area contributed by atoms with Crippen molar-refractivity contribution < 1.29 is 0 Å². The molecular formula is C4H6N12. The smallest absolute Gasteiger partial charge is 0.161 e. The van der Waals surface area contributed by atoms with Gasteiger partial charge in [-0.2, -0.15) is 10.4 Å². The SMILES string of the molecule is c1cnnnn1.c1nn[nH]n1.c1nn[nH]n1. The van der Waals surface area contributed by atoms with Crippen molar-refractivity contribution in [3.63, 3.8) is 0 Å². The van der Waals surface area contributed by atoms with Crippen LogP contribution < -0.4 is 0 Å². The number of aromatic amines is 2. The van der Waals surface area contributed by atoms with E-state index in [0.29, 0.717) is 0 Å². The van der Waals surface area contributed by atoms with Crippen molar-refractivity contribution in [2.75, 3.05) is 0 Å². The van der Waals surface area contributed by atoms with Crippen molar-refractivity contribution in [3.8, 4) is 0 Å². The molecule has 3 aromatic heterocycles. The highest BCUT2D eigenvalue weighted by molar-refractivity contribution is 4.52. The third kappa shape index (κ3) is 6.58. The van der Waals surface area contributed by atoms with E-state index in [0.717, 1.165) is 0 Å². The predicted molar refractivity (Wildman–Crippen MR) is 46.0 cm³/mol. The molecule has 0 aromatic carbocycles. The third-order valence-corrected chi connectivity index (χ3v) is 0.882. The van der Waals surface area contributed by atoms with E-state index < -0.39 is 0 Å². The van der Waals surface area contributed by atoms with Crippen molar-refractivity contribution in [2.24, 2.45) is 0 Å². The first-order chi connectivity index (χ1) is 8.00. The first-order valence-corrected chi connectivity index (χ1v) is 3.78. The molecule has 0 unspecified atom stereocenters. The van der Waals surface area contributed by atoms with Gasteiger partial charge >= 0.3 is 0 Å². The third-order valence-electron chi connectivity index (χ3n) is 0.882. The minimum Gasteiger partial charge on any atom is -0.177 e. The van der Waals surface area contributed by atoms with E-state index in [1.165, 1.54) is 25.0 Å². The van der Waals surface area contributed by atoms with Crippen LogP contribution in [0.2, 0.25) is 0 Å². The maximum Gasteiger partial charge on any atom is 0.161 e. The number of nitrogens with one attached hydrogen (secondary N) is 2. The molecule has 3 rings (SSSR count). The van der Waals surface area contributed by atoms with Crippen molar-refractivity contribution in [3.05, 3.63) is 25.0 Å². The van der Waals surface area contributed by atoms with Gasteiger partial charge in [0.25, 0.3) is 0 Å². The van der Waals surface area contributed by atoms with E-state index >= 15 is 0 Å². The fourth-order valence-corrected chi connectivity index (χ4v) is 0.424. The molecule has 0 atom stereocenters. The highest BCUT2D eigenvalue weighted by Gasteiger charge is 1.61. The summed E-state index contributed by atoms with van der Waals surface area (Å²) in [7, 11) is 0. The number of H-pyrrole nitrogens is 2. The molecule has 0 radical (unpaired) electrons. The van der Waals surface area contributed by atoms with Crippen LogP contribution in [0, 0.1) is 0 Å². The van der Waals surface area contributed by atoms with Crippen molar-refractivity contribution in [2.45, 2.75) is 0 Å². The maximum absolute atomic E-state index is 3.38. The topological polar surface area (TPSA) is 160 Å². The Kier molecular flexibility index (Phi) is 6.04. The van der Waals surface area contributed by atoms with Crippen LogP contribution in [0.15, 0.2) is 25.0 Å². The molecule has 82 valence electrons. The lowest BCUT2D eigenvalue weighted by Gasteiger charge is -1.67. The minimum atomic E-state index is 1.33. The van der Waals surface area contributed by atoms with Crippen LogP contribution in [0.25, 0.3) is 0 Å². The standard InChI is InChI=1S/C2H2N4.2CH2N4/c1-2-4-6-5-3-1;2*1-2-4-5-3-1/h1-2H;2*1H,(H,2,3,4,5). The Hall–Kier alpha value is -2.92. The number of rotatable bonds is 0. The molecule has 0 saturated heterocycles. The first-order valence-electron chi connectivity index (χ1n) is 3.78. The van der Waals surface area contributed by atoms with Gasteiger partial charge in [-0.3, -0.25) is 0 Å². The predicted octanol–water partition coefficient (Wildman–Crippen LogP) is -2.33. The van der Waals surface area contributed by atoms with Crippen LogP contribution in [0.3, 0.4) is 0 Å². The molecule has 16 heavy (non-hydrogen) atoms. The van der Waals surface area contributed by atoms with Gasteiger partial charge in [0.2, 0.25) is 0 Å². The Bertz CT molecular complexity index is 304. The van der Waals surface area contributed by atoms with Crippen LogP contribution in [0.5, 0.6) is 0 Å². The number of hydrogen-bond donors (Lipinski definition) is 2. The van der Waals surface area contributed by atoms with Gasteiger partial charge in [0.05, 0.1) is 12.4 Å². The van der Waals surface area contributed by atoms with Gasteiger partial charge < -0.3 is 0 Å². The Morgan fingerprint density at radius 3 is 1.25 bits per heavy atom. The molecule has 0 saturated carbocycles. The molecule has 0 aliphatic heterocycles. The van der Waals surface area contributed by atoms with E-state index in [9.17, 15) is 0 Å². The molecule has 3 heterocycles. The Morgan fingerprint density at radius 2 is 1.12 bits per heavy atom. The van der Waals surface area contributed by atoms with Crippen LogP contribution in [0.4, 0.5) is 0 Å². The second-order valence-electron chi connectivity index (χ2n) is 1.83. The average molecular weight is 222 g/mol.